The third kappa shape index (κ3) is 0.683. The van der Waals surface area contributed by atoms with Crippen LogP contribution in [0.1, 0.15) is 27.7 Å². The maximum Gasteiger partial charge on any atom is 0.00817 e. The lowest BCUT2D eigenvalue weighted by atomic mass is 9.77. The Labute approximate surface area is 51.6 Å². The van der Waals surface area contributed by atoms with Gasteiger partial charge in [-0.15, -0.1) is 0 Å². The summed E-state index contributed by atoms with van der Waals surface area (Å²) in [6.07, 6.45) is 4.54. The highest BCUT2D eigenvalue weighted by molar-refractivity contribution is 5.27. The van der Waals surface area contributed by atoms with Crippen LogP contribution in [0.25, 0.3) is 0 Å². The van der Waals surface area contributed by atoms with Crippen molar-refractivity contribution < 1.29 is 0 Å². The van der Waals surface area contributed by atoms with Crippen LogP contribution in [0.5, 0.6) is 0 Å². The molecule has 8 heavy (non-hydrogen) atoms. The Bertz CT molecular complexity index is 114. The number of hydrogen-bond acceptors (Lipinski definition) is 0. The van der Waals surface area contributed by atoms with Gasteiger partial charge in [0.2, 0.25) is 0 Å². The fourth-order valence-electron chi connectivity index (χ4n) is 0.625. The molecule has 0 aromatic heterocycles. The molecule has 0 radical (unpaired) electrons. The summed E-state index contributed by atoms with van der Waals surface area (Å²) in [7, 11) is 0. The minimum Gasteiger partial charge on any atom is -0.0774 e. The summed E-state index contributed by atoms with van der Waals surface area (Å²) >= 11 is 0. The molecule has 46 valence electrons. The topological polar surface area (TPSA) is 0 Å². The van der Waals surface area contributed by atoms with Crippen LogP contribution in [0.2, 0.25) is 0 Å². The van der Waals surface area contributed by atoms with E-state index in [1.165, 1.54) is 0 Å². The molecule has 0 atom stereocenters. The Morgan fingerprint density at radius 2 is 1.50 bits per heavy atom. The lowest BCUT2D eigenvalue weighted by molar-refractivity contribution is 0.268. The Morgan fingerprint density at radius 1 is 1.12 bits per heavy atom. The van der Waals surface area contributed by atoms with E-state index in [9.17, 15) is 0 Å². The highest BCUT2D eigenvalue weighted by Crippen LogP contribution is 2.49. The Balaban J connectivity index is 2.61. The molecule has 0 aliphatic heterocycles. The van der Waals surface area contributed by atoms with Crippen LogP contribution in [0, 0.1) is 10.8 Å². The Morgan fingerprint density at radius 3 is 1.50 bits per heavy atom. The van der Waals surface area contributed by atoms with Crippen LogP contribution < -0.4 is 0 Å². The molecule has 0 N–H and O–H groups in total. The Kier molecular flexibility index (Phi) is 0.863. The molecule has 0 saturated carbocycles. The van der Waals surface area contributed by atoms with Crippen LogP contribution in [0.3, 0.4) is 0 Å². The fourth-order valence-corrected chi connectivity index (χ4v) is 0.625. The van der Waals surface area contributed by atoms with Crippen LogP contribution in [0.15, 0.2) is 12.2 Å². The summed E-state index contributed by atoms with van der Waals surface area (Å²) in [6.45, 7) is 9.08. The van der Waals surface area contributed by atoms with Gasteiger partial charge in [-0.1, -0.05) is 39.8 Å². The highest BCUT2D eigenvalue weighted by atomic mass is 14.4. The van der Waals surface area contributed by atoms with Crippen molar-refractivity contribution in [3.63, 3.8) is 0 Å². The van der Waals surface area contributed by atoms with Crippen LogP contribution in [0.4, 0.5) is 0 Å². The predicted molar refractivity (Wildman–Crippen MR) is 36.7 cm³/mol. The van der Waals surface area contributed by atoms with Gasteiger partial charge < -0.3 is 0 Å². The van der Waals surface area contributed by atoms with Crippen molar-refractivity contribution in [1.29, 1.82) is 0 Å². The maximum absolute atomic E-state index is 2.27. The van der Waals surface area contributed by atoms with E-state index in [-0.39, 0.29) is 0 Å². The van der Waals surface area contributed by atoms with Gasteiger partial charge in [0.05, 0.1) is 0 Å². The summed E-state index contributed by atoms with van der Waals surface area (Å²) in [5, 5.41) is 0. The minimum absolute atomic E-state index is 0.437. The van der Waals surface area contributed by atoms with Crippen molar-refractivity contribution in [3.05, 3.63) is 12.2 Å². The normalized spacial score (nSPS) is 23.5. The first kappa shape index (κ1) is 5.87. The van der Waals surface area contributed by atoms with E-state index in [2.05, 4.69) is 39.8 Å². The second-order valence-electron chi connectivity index (χ2n) is 3.87. The molecule has 0 saturated heterocycles. The van der Waals surface area contributed by atoms with Gasteiger partial charge in [-0.05, 0) is 5.41 Å². The molecule has 1 aliphatic rings. The highest BCUT2D eigenvalue weighted by Gasteiger charge is 2.39. The minimum atomic E-state index is 0.437. The number of rotatable bonds is 0. The quantitative estimate of drug-likeness (QED) is 0.420. The zero-order valence-electron chi connectivity index (χ0n) is 6.15. The van der Waals surface area contributed by atoms with Crippen molar-refractivity contribution in [3.8, 4) is 0 Å². The van der Waals surface area contributed by atoms with Gasteiger partial charge in [-0.3, -0.25) is 0 Å². The lowest BCUT2D eigenvalue weighted by Gasteiger charge is -2.27. The van der Waals surface area contributed by atoms with E-state index in [4.69, 9.17) is 0 Å². The van der Waals surface area contributed by atoms with E-state index >= 15 is 0 Å². The average molecular weight is 110 g/mol. The molecule has 0 bridgehead atoms. The van der Waals surface area contributed by atoms with E-state index in [0.717, 1.165) is 0 Å². The summed E-state index contributed by atoms with van der Waals surface area (Å²) in [6, 6.07) is 0. The molecule has 0 aromatic rings. The molecule has 1 rings (SSSR count). The average Bonchev–Trinajstić information content (AvgIpc) is 2.16. The first-order chi connectivity index (χ1) is 3.46. The molecule has 0 unspecified atom stereocenters. The predicted octanol–water partition coefficient (Wildman–Crippen LogP) is 2.61. The monoisotopic (exact) mass is 110 g/mol. The van der Waals surface area contributed by atoms with Crippen molar-refractivity contribution >= 4 is 0 Å². The number of allylic oxidation sites excluding steroid dienone is 2. The van der Waals surface area contributed by atoms with E-state index in [1.54, 1.807) is 0 Å². The SMILES string of the molecule is CC(C)(C)C1(C)C=C1. The largest absolute Gasteiger partial charge is 0.0774 e. The number of hydrogen-bond donors (Lipinski definition) is 0. The van der Waals surface area contributed by atoms with Gasteiger partial charge in [0, 0.05) is 5.41 Å². The third-order valence-electron chi connectivity index (χ3n) is 2.28. The van der Waals surface area contributed by atoms with Gasteiger partial charge >= 0.3 is 0 Å². The molecule has 0 fully saturated rings. The molecule has 1 aliphatic carbocycles. The second kappa shape index (κ2) is 1.18. The maximum atomic E-state index is 2.27. The Hall–Kier alpha value is -0.260. The second-order valence-corrected chi connectivity index (χ2v) is 3.87. The van der Waals surface area contributed by atoms with Crippen molar-refractivity contribution in [1.82, 2.24) is 0 Å². The molecule has 0 spiro atoms. The molecular weight excluding hydrogens is 96.1 g/mol. The zero-order valence-corrected chi connectivity index (χ0v) is 6.15. The molecule has 0 aromatic carbocycles. The molecule has 0 heterocycles. The molecule has 0 heteroatoms. The first-order valence-corrected chi connectivity index (χ1v) is 3.16. The molecule has 0 nitrogen and oxygen atoms in total. The summed E-state index contributed by atoms with van der Waals surface area (Å²) < 4.78 is 0. The van der Waals surface area contributed by atoms with Crippen LogP contribution in [-0.4, -0.2) is 0 Å². The summed E-state index contributed by atoms with van der Waals surface area (Å²) in [4.78, 5) is 0. The molecular formula is C8H14. The standard InChI is InChI=1S/C8H14/c1-7(2,3)8(4)5-6-8/h5-6H,1-4H3. The third-order valence-corrected chi connectivity index (χ3v) is 2.28. The molecule has 0 amide bonds. The van der Waals surface area contributed by atoms with Gasteiger partial charge in [0.15, 0.2) is 0 Å². The smallest absolute Gasteiger partial charge is 0.00817 e. The first-order valence-electron chi connectivity index (χ1n) is 3.16. The van der Waals surface area contributed by atoms with Crippen LogP contribution >= 0.6 is 0 Å². The summed E-state index contributed by atoms with van der Waals surface area (Å²) in [5.41, 5.74) is 0.875. The van der Waals surface area contributed by atoms with Gasteiger partial charge in [0.25, 0.3) is 0 Å². The van der Waals surface area contributed by atoms with Crippen molar-refractivity contribution in [2.75, 3.05) is 0 Å². The van der Waals surface area contributed by atoms with Crippen molar-refractivity contribution in [2.24, 2.45) is 10.8 Å². The van der Waals surface area contributed by atoms with Crippen LogP contribution in [-0.2, 0) is 0 Å². The van der Waals surface area contributed by atoms with Gasteiger partial charge in [-0.2, -0.15) is 0 Å². The van der Waals surface area contributed by atoms with Gasteiger partial charge in [0.1, 0.15) is 0 Å². The van der Waals surface area contributed by atoms with Crippen molar-refractivity contribution in [2.45, 2.75) is 27.7 Å². The fraction of sp³-hybridized carbons (Fsp3) is 0.750. The van der Waals surface area contributed by atoms with E-state index in [0.29, 0.717) is 10.8 Å². The zero-order chi connectivity index (χ0) is 6.41. The van der Waals surface area contributed by atoms with Gasteiger partial charge in [-0.25, -0.2) is 0 Å². The van der Waals surface area contributed by atoms with E-state index in [1.807, 2.05) is 0 Å². The summed E-state index contributed by atoms with van der Waals surface area (Å²) in [5.74, 6) is 0. The lowest BCUT2D eigenvalue weighted by Crippen LogP contribution is -2.19. The van der Waals surface area contributed by atoms with E-state index < -0.39 is 0 Å².